The van der Waals surface area contributed by atoms with Crippen molar-refractivity contribution in [1.82, 2.24) is 4.57 Å². The topological polar surface area (TPSA) is 22.0 Å². The normalized spacial score (nSPS) is 12.4. The van der Waals surface area contributed by atoms with Gasteiger partial charge in [0.2, 0.25) is 0 Å². The molecule has 0 saturated carbocycles. The average molecular weight is 305 g/mol. The molecule has 0 N–H and O–H groups in total. The highest BCUT2D eigenvalue weighted by Crippen LogP contribution is 2.36. The summed E-state index contributed by atoms with van der Waals surface area (Å²) in [5, 5.41) is 1.05. The predicted octanol–water partition coefficient (Wildman–Crippen LogP) is 5.31. The minimum Gasteiger partial charge on any atom is -0.346 e. The lowest BCUT2D eigenvalue weighted by atomic mass is 9.88. The monoisotopic (exact) mass is 305 g/mol. The van der Waals surface area contributed by atoms with Crippen molar-refractivity contribution in [2.45, 2.75) is 32.1 Å². The Morgan fingerprint density at radius 2 is 1.74 bits per heavy atom. The molecule has 118 valence electrons. The number of rotatable bonds is 6. The van der Waals surface area contributed by atoms with E-state index in [-0.39, 0.29) is 5.92 Å². The van der Waals surface area contributed by atoms with Crippen LogP contribution in [0.1, 0.15) is 53.7 Å². The van der Waals surface area contributed by atoms with Crippen molar-refractivity contribution in [2.75, 3.05) is 0 Å². The maximum atomic E-state index is 11.9. The number of carbonyl (C=O) groups is 1. The molecule has 1 heterocycles. The van der Waals surface area contributed by atoms with Gasteiger partial charge in [-0.15, -0.1) is 0 Å². The molecule has 0 radical (unpaired) electrons. The molecule has 2 nitrogen and oxygen atoms in total. The minimum absolute atomic E-state index is 0.258. The van der Waals surface area contributed by atoms with Crippen molar-refractivity contribution in [3.8, 4) is 0 Å². The minimum atomic E-state index is 0.258. The number of para-hydroxylation sites is 1. The number of carbonyl (C=O) groups excluding carboxylic acids is 1. The molecular weight excluding hydrogens is 282 g/mol. The van der Waals surface area contributed by atoms with Crippen LogP contribution in [0.3, 0.4) is 0 Å². The first-order valence-corrected chi connectivity index (χ1v) is 8.35. The van der Waals surface area contributed by atoms with E-state index in [0.29, 0.717) is 0 Å². The lowest BCUT2D eigenvalue weighted by molar-refractivity contribution is 0.112. The number of aryl methyl sites for hydroxylation is 1. The van der Waals surface area contributed by atoms with E-state index < -0.39 is 0 Å². The summed E-state index contributed by atoms with van der Waals surface area (Å²) >= 11 is 0. The molecule has 0 saturated heterocycles. The summed E-state index contributed by atoms with van der Waals surface area (Å²) in [6, 6.07) is 18.7. The van der Waals surface area contributed by atoms with Gasteiger partial charge in [0, 0.05) is 35.1 Å². The van der Waals surface area contributed by atoms with Gasteiger partial charge in [-0.05, 0) is 18.1 Å². The van der Waals surface area contributed by atoms with Crippen LogP contribution in [-0.2, 0) is 7.05 Å². The third-order valence-corrected chi connectivity index (χ3v) is 4.69. The number of unbranched alkanes of at least 4 members (excludes halogenated alkanes) is 1. The lowest BCUT2D eigenvalue weighted by Crippen LogP contribution is -2.09. The van der Waals surface area contributed by atoms with Crippen LogP contribution in [-0.4, -0.2) is 10.9 Å². The Kier molecular flexibility index (Phi) is 4.61. The fraction of sp³-hybridized carbons (Fsp3) is 0.286. The number of fused-ring (bicyclic) bond motifs is 1. The van der Waals surface area contributed by atoms with Crippen LogP contribution in [0.2, 0.25) is 0 Å². The van der Waals surface area contributed by atoms with E-state index in [1.54, 1.807) is 0 Å². The molecule has 0 amide bonds. The van der Waals surface area contributed by atoms with Crippen molar-refractivity contribution < 1.29 is 4.79 Å². The van der Waals surface area contributed by atoms with Gasteiger partial charge in [-0.25, -0.2) is 0 Å². The predicted molar refractivity (Wildman–Crippen MR) is 96.1 cm³/mol. The quantitative estimate of drug-likeness (QED) is 0.565. The molecule has 0 unspecified atom stereocenters. The second-order valence-electron chi connectivity index (χ2n) is 6.10. The third kappa shape index (κ3) is 2.81. The summed E-state index contributed by atoms with van der Waals surface area (Å²) in [4.78, 5) is 11.9. The molecule has 3 aromatic rings. The largest absolute Gasteiger partial charge is 0.346 e. The van der Waals surface area contributed by atoms with Gasteiger partial charge in [0.25, 0.3) is 0 Å². The number of aldehydes is 1. The highest BCUT2D eigenvalue weighted by atomic mass is 16.1. The molecule has 1 aromatic heterocycles. The van der Waals surface area contributed by atoms with Gasteiger partial charge in [-0.3, -0.25) is 4.79 Å². The Bertz CT molecular complexity index is 801. The number of hydrogen-bond acceptors (Lipinski definition) is 1. The van der Waals surface area contributed by atoms with Gasteiger partial charge < -0.3 is 4.57 Å². The zero-order valence-electron chi connectivity index (χ0n) is 13.8. The number of hydrogen-bond donors (Lipinski definition) is 0. The highest BCUT2D eigenvalue weighted by molar-refractivity contribution is 5.99. The molecule has 2 heteroatoms. The van der Waals surface area contributed by atoms with Gasteiger partial charge in [-0.2, -0.15) is 0 Å². The second-order valence-corrected chi connectivity index (χ2v) is 6.10. The van der Waals surface area contributed by atoms with Crippen LogP contribution in [0.25, 0.3) is 10.9 Å². The van der Waals surface area contributed by atoms with E-state index in [0.717, 1.165) is 47.7 Å². The average Bonchev–Trinajstić information content (AvgIpc) is 2.89. The molecule has 3 rings (SSSR count). The van der Waals surface area contributed by atoms with E-state index in [1.807, 2.05) is 24.3 Å². The van der Waals surface area contributed by atoms with E-state index in [2.05, 4.69) is 48.9 Å². The molecule has 0 aliphatic rings. The van der Waals surface area contributed by atoms with Crippen LogP contribution in [0.5, 0.6) is 0 Å². The fourth-order valence-electron chi connectivity index (χ4n) is 3.54. The molecule has 0 spiro atoms. The zero-order valence-corrected chi connectivity index (χ0v) is 13.8. The lowest BCUT2D eigenvalue weighted by Gasteiger charge is -2.20. The first-order valence-electron chi connectivity index (χ1n) is 8.35. The first-order chi connectivity index (χ1) is 11.3. The Morgan fingerprint density at radius 1 is 1.04 bits per heavy atom. The maximum Gasteiger partial charge on any atom is 0.152 e. The molecule has 1 atom stereocenters. The van der Waals surface area contributed by atoms with Crippen LogP contribution in [0.15, 0.2) is 54.6 Å². The standard InChI is InChI=1S/C21H23NO/c1-3-4-12-17(16-10-6-5-7-11-16)21-19(15-23)18-13-8-9-14-20(18)22(21)2/h5-11,13-15,17H,3-4,12H2,1-2H3/t17-/m0/s1. The van der Waals surface area contributed by atoms with E-state index in [9.17, 15) is 4.79 Å². The Hall–Kier alpha value is -2.35. The van der Waals surface area contributed by atoms with Gasteiger partial charge >= 0.3 is 0 Å². The summed E-state index contributed by atoms with van der Waals surface area (Å²) in [6.07, 6.45) is 4.40. The van der Waals surface area contributed by atoms with Gasteiger partial charge in [0.15, 0.2) is 6.29 Å². The molecule has 0 aliphatic heterocycles. The second kappa shape index (κ2) is 6.82. The summed E-state index contributed by atoms with van der Waals surface area (Å²) < 4.78 is 2.20. The highest BCUT2D eigenvalue weighted by Gasteiger charge is 2.23. The summed E-state index contributed by atoms with van der Waals surface area (Å²) in [5.41, 5.74) is 4.39. The van der Waals surface area contributed by atoms with Gasteiger partial charge in [0.05, 0.1) is 0 Å². The third-order valence-electron chi connectivity index (χ3n) is 4.69. The Labute approximate surface area is 137 Å². The van der Waals surface area contributed by atoms with E-state index in [4.69, 9.17) is 0 Å². The molecular formula is C21H23NO. The van der Waals surface area contributed by atoms with Crippen molar-refractivity contribution in [3.63, 3.8) is 0 Å². The number of benzene rings is 2. The smallest absolute Gasteiger partial charge is 0.152 e. The van der Waals surface area contributed by atoms with E-state index >= 15 is 0 Å². The van der Waals surface area contributed by atoms with Crippen molar-refractivity contribution in [2.24, 2.45) is 7.05 Å². The zero-order chi connectivity index (χ0) is 16.2. The van der Waals surface area contributed by atoms with Crippen LogP contribution >= 0.6 is 0 Å². The maximum absolute atomic E-state index is 11.9. The van der Waals surface area contributed by atoms with Crippen LogP contribution < -0.4 is 0 Å². The SMILES string of the molecule is CCCC[C@@H](c1ccccc1)c1c(C=O)c2ccccc2n1C. The van der Waals surface area contributed by atoms with E-state index in [1.165, 1.54) is 5.56 Å². The summed E-state index contributed by atoms with van der Waals surface area (Å²) in [5.74, 6) is 0.258. The Morgan fingerprint density at radius 3 is 2.43 bits per heavy atom. The van der Waals surface area contributed by atoms with Gasteiger partial charge in [-0.1, -0.05) is 68.3 Å². The number of nitrogens with zero attached hydrogens (tertiary/aromatic N) is 1. The number of aromatic nitrogens is 1. The van der Waals surface area contributed by atoms with Crippen LogP contribution in [0.4, 0.5) is 0 Å². The Balaban J connectivity index is 2.21. The molecule has 0 fully saturated rings. The van der Waals surface area contributed by atoms with Crippen molar-refractivity contribution in [3.05, 3.63) is 71.4 Å². The van der Waals surface area contributed by atoms with Gasteiger partial charge in [0.1, 0.15) is 0 Å². The summed E-state index contributed by atoms with van der Waals surface area (Å²) in [7, 11) is 2.08. The fourth-order valence-corrected chi connectivity index (χ4v) is 3.54. The first kappa shape index (κ1) is 15.5. The molecule has 0 aliphatic carbocycles. The molecule has 0 bridgehead atoms. The summed E-state index contributed by atoms with van der Waals surface area (Å²) in [6.45, 7) is 2.21. The molecule has 2 aromatic carbocycles. The van der Waals surface area contributed by atoms with Crippen molar-refractivity contribution in [1.29, 1.82) is 0 Å². The molecule has 23 heavy (non-hydrogen) atoms. The van der Waals surface area contributed by atoms with Crippen LogP contribution in [0, 0.1) is 0 Å². The van der Waals surface area contributed by atoms with Crippen molar-refractivity contribution >= 4 is 17.2 Å².